The molecule has 21 heavy (non-hydrogen) atoms. The van der Waals surface area contributed by atoms with E-state index in [0.717, 1.165) is 12.1 Å². The first kappa shape index (κ1) is 15.8. The largest absolute Gasteiger partial charge is 0.378 e. The van der Waals surface area contributed by atoms with Gasteiger partial charge < -0.3 is 10.2 Å². The van der Waals surface area contributed by atoms with Crippen LogP contribution in [0.2, 0.25) is 0 Å². The van der Waals surface area contributed by atoms with Gasteiger partial charge >= 0.3 is 0 Å². The van der Waals surface area contributed by atoms with Crippen LogP contribution in [0.1, 0.15) is 31.7 Å². The standard InChI is InChI=1S/C17H27N3O/c1-14-6-4-5-11-20(14)13-17(21)18-12-15-7-9-16(10-8-15)19(2)3/h7-10,14H,4-6,11-13H2,1-3H3,(H,18,21)/t14-/m0/s1. The lowest BCUT2D eigenvalue weighted by atomic mass is 10.0. The molecule has 0 aromatic heterocycles. The topological polar surface area (TPSA) is 35.6 Å². The van der Waals surface area contributed by atoms with Crippen molar-refractivity contribution in [1.29, 1.82) is 0 Å². The average molecular weight is 289 g/mol. The van der Waals surface area contributed by atoms with E-state index in [1.54, 1.807) is 0 Å². The van der Waals surface area contributed by atoms with Crippen molar-refractivity contribution < 1.29 is 4.79 Å². The fourth-order valence-electron chi connectivity index (χ4n) is 2.75. The Morgan fingerprint density at radius 3 is 2.62 bits per heavy atom. The molecule has 0 aliphatic carbocycles. The molecule has 1 heterocycles. The highest BCUT2D eigenvalue weighted by atomic mass is 16.2. The molecule has 1 amide bonds. The van der Waals surface area contributed by atoms with Crippen LogP contribution in [-0.2, 0) is 11.3 Å². The number of benzene rings is 1. The lowest BCUT2D eigenvalue weighted by Crippen LogP contribution is -2.44. The first-order valence-corrected chi connectivity index (χ1v) is 7.83. The van der Waals surface area contributed by atoms with Crippen molar-refractivity contribution in [2.75, 3.05) is 32.1 Å². The number of carbonyl (C=O) groups is 1. The Kier molecular flexibility index (Phi) is 5.62. The third kappa shape index (κ3) is 4.74. The fraction of sp³-hybridized carbons (Fsp3) is 0.588. The maximum atomic E-state index is 12.0. The van der Waals surface area contributed by atoms with Crippen LogP contribution in [0.5, 0.6) is 0 Å². The Hall–Kier alpha value is -1.55. The minimum atomic E-state index is 0.125. The maximum absolute atomic E-state index is 12.0. The van der Waals surface area contributed by atoms with Crippen molar-refractivity contribution in [2.24, 2.45) is 0 Å². The number of piperidine rings is 1. The number of nitrogens with one attached hydrogen (secondary N) is 1. The van der Waals surface area contributed by atoms with Crippen molar-refractivity contribution in [2.45, 2.75) is 38.8 Å². The first-order valence-electron chi connectivity index (χ1n) is 7.83. The zero-order valence-electron chi connectivity index (χ0n) is 13.4. The summed E-state index contributed by atoms with van der Waals surface area (Å²) in [7, 11) is 4.05. The third-order valence-corrected chi connectivity index (χ3v) is 4.23. The predicted molar refractivity (Wildman–Crippen MR) is 87.5 cm³/mol. The summed E-state index contributed by atoms with van der Waals surface area (Å²) in [5, 5.41) is 3.02. The second-order valence-electron chi connectivity index (χ2n) is 6.15. The van der Waals surface area contributed by atoms with Gasteiger partial charge in [-0.15, -0.1) is 0 Å². The van der Waals surface area contributed by atoms with Gasteiger partial charge in [-0.25, -0.2) is 0 Å². The summed E-state index contributed by atoms with van der Waals surface area (Å²) in [6.07, 6.45) is 3.71. The number of hydrogen-bond acceptors (Lipinski definition) is 3. The van der Waals surface area contributed by atoms with Crippen LogP contribution in [0.3, 0.4) is 0 Å². The number of carbonyl (C=O) groups excluding carboxylic acids is 1. The highest BCUT2D eigenvalue weighted by Gasteiger charge is 2.20. The summed E-state index contributed by atoms with van der Waals surface area (Å²) in [6.45, 7) is 4.39. The Morgan fingerprint density at radius 2 is 2.00 bits per heavy atom. The third-order valence-electron chi connectivity index (χ3n) is 4.23. The maximum Gasteiger partial charge on any atom is 0.234 e. The molecule has 1 aliphatic rings. The van der Waals surface area contributed by atoms with Gasteiger partial charge in [-0.3, -0.25) is 9.69 Å². The molecule has 1 aliphatic heterocycles. The van der Waals surface area contributed by atoms with Crippen LogP contribution in [0.4, 0.5) is 5.69 Å². The molecular formula is C17H27N3O. The molecule has 0 saturated carbocycles. The van der Waals surface area contributed by atoms with Crippen LogP contribution in [0, 0.1) is 0 Å². The summed E-state index contributed by atoms with van der Waals surface area (Å²) < 4.78 is 0. The van der Waals surface area contributed by atoms with Gasteiger partial charge in [-0.2, -0.15) is 0 Å². The van der Waals surface area contributed by atoms with E-state index in [0.29, 0.717) is 19.1 Å². The molecule has 116 valence electrons. The number of anilines is 1. The monoisotopic (exact) mass is 289 g/mol. The Morgan fingerprint density at radius 1 is 1.29 bits per heavy atom. The molecule has 4 nitrogen and oxygen atoms in total. The van der Waals surface area contributed by atoms with Crippen LogP contribution in [0.15, 0.2) is 24.3 Å². The highest BCUT2D eigenvalue weighted by Crippen LogP contribution is 2.15. The number of amides is 1. The van der Waals surface area contributed by atoms with Gasteiger partial charge in [0, 0.05) is 32.4 Å². The average Bonchev–Trinajstić information content (AvgIpc) is 2.48. The zero-order valence-corrected chi connectivity index (χ0v) is 13.4. The molecule has 4 heteroatoms. The smallest absolute Gasteiger partial charge is 0.234 e. The van der Waals surface area contributed by atoms with Gasteiger partial charge in [-0.05, 0) is 44.0 Å². The van der Waals surface area contributed by atoms with Crippen LogP contribution < -0.4 is 10.2 Å². The molecule has 1 aromatic rings. The van der Waals surface area contributed by atoms with Gasteiger partial charge in [0.1, 0.15) is 0 Å². The molecule has 1 N–H and O–H groups in total. The van der Waals surface area contributed by atoms with E-state index in [4.69, 9.17) is 0 Å². The molecule has 1 saturated heterocycles. The predicted octanol–water partition coefficient (Wildman–Crippen LogP) is 2.24. The molecule has 0 radical (unpaired) electrons. The quantitative estimate of drug-likeness (QED) is 0.903. The fourth-order valence-corrected chi connectivity index (χ4v) is 2.75. The minimum Gasteiger partial charge on any atom is -0.378 e. The number of rotatable bonds is 5. The van der Waals surface area contributed by atoms with Gasteiger partial charge in [0.2, 0.25) is 5.91 Å². The van der Waals surface area contributed by atoms with Gasteiger partial charge in [-0.1, -0.05) is 18.6 Å². The van der Waals surface area contributed by atoms with E-state index >= 15 is 0 Å². The van der Waals surface area contributed by atoms with E-state index < -0.39 is 0 Å². The lowest BCUT2D eigenvalue weighted by molar-refractivity contribution is -0.123. The first-order chi connectivity index (χ1) is 10.1. The molecule has 1 fully saturated rings. The van der Waals surface area contributed by atoms with Gasteiger partial charge in [0.15, 0.2) is 0 Å². The van der Waals surface area contributed by atoms with E-state index in [2.05, 4.69) is 46.3 Å². The SMILES string of the molecule is C[C@H]1CCCCN1CC(=O)NCc1ccc(N(C)C)cc1. The van der Waals surface area contributed by atoms with Crippen molar-refractivity contribution >= 4 is 11.6 Å². The number of likely N-dealkylation sites (tertiary alicyclic amines) is 1. The van der Waals surface area contributed by atoms with Crippen molar-refractivity contribution in [3.8, 4) is 0 Å². The molecule has 2 rings (SSSR count). The van der Waals surface area contributed by atoms with Crippen molar-refractivity contribution in [3.05, 3.63) is 29.8 Å². The van der Waals surface area contributed by atoms with Gasteiger partial charge in [0.05, 0.1) is 6.54 Å². The van der Waals surface area contributed by atoms with Crippen LogP contribution in [-0.4, -0.2) is 44.0 Å². The summed E-state index contributed by atoms with van der Waals surface area (Å²) in [6, 6.07) is 8.82. The summed E-state index contributed by atoms with van der Waals surface area (Å²) in [4.78, 5) is 16.4. The second-order valence-corrected chi connectivity index (χ2v) is 6.15. The number of nitrogens with zero attached hydrogens (tertiary/aromatic N) is 2. The Labute approximate surface area is 128 Å². The second kappa shape index (κ2) is 7.46. The van der Waals surface area contributed by atoms with E-state index in [-0.39, 0.29) is 5.91 Å². The lowest BCUT2D eigenvalue weighted by Gasteiger charge is -2.32. The minimum absolute atomic E-state index is 0.125. The summed E-state index contributed by atoms with van der Waals surface area (Å²) >= 11 is 0. The van der Waals surface area contributed by atoms with Crippen molar-refractivity contribution in [1.82, 2.24) is 10.2 Å². The molecule has 1 aromatic carbocycles. The van der Waals surface area contributed by atoms with E-state index in [1.165, 1.54) is 24.9 Å². The summed E-state index contributed by atoms with van der Waals surface area (Å²) in [5.74, 6) is 0.125. The Bertz CT molecular complexity index is 456. The number of hydrogen-bond donors (Lipinski definition) is 1. The Balaban J connectivity index is 1.78. The highest BCUT2D eigenvalue weighted by molar-refractivity contribution is 5.78. The molecule has 0 bridgehead atoms. The van der Waals surface area contributed by atoms with Crippen molar-refractivity contribution in [3.63, 3.8) is 0 Å². The van der Waals surface area contributed by atoms with E-state index in [1.807, 2.05) is 14.1 Å². The molecule has 0 unspecified atom stereocenters. The zero-order chi connectivity index (χ0) is 15.2. The van der Waals surface area contributed by atoms with Crippen LogP contribution in [0.25, 0.3) is 0 Å². The van der Waals surface area contributed by atoms with Gasteiger partial charge in [0.25, 0.3) is 0 Å². The molecule has 1 atom stereocenters. The summed E-state index contributed by atoms with van der Waals surface area (Å²) in [5.41, 5.74) is 2.31. The molecule has 0 spiro atoms. The normalized spacial score (nSPS) is 19.3. The molecular weight excluding hydrogens is 262 g/mol. The van der Waals surface area contributed by atoms with E-state index in [9.17, 15) is 4.79 Å². The van der Waals surface area contributed by atoms with Crippen LogP contribution >= 0.6 is 0 Å².